The van der Waals surface area contributed by atoms with Gasteiger partial charge in [0.1, 0.15) is 0 Å². The highest BCUT2D eigenvalue weighted by Crippen LogP contribution is 2.31. The number of hydrogen-bond donors (Lipinski definition) is 1. The minimum Gasteiger partial charge on any atom is -0.318 e. The predicted molar refractivity (Wildman–Crippen MR) is 71.4 cm³/mol. The molecule has 0 aliphatic carbocycles. The van der Waals surface area contributed by atoms with E-state index in [9.17, 15) is 0 Å². The monoisotopic (exact) mass is 260 g/mol. The number of likely N-dealkylation sites (N-methyl/N-ethyl adjacent to an activating group) is 2. The molecular formula is C12H18Cl2N2. The summed E-state index contributed by atoms with van der Waals surface area (Å²) in [5.41, 5.74) is 1.08. The summed E-state index contributed by atoms with van der Waals surface area (Å²) in [6.07, 6.45) is 0. The van der Waals surface area contributed by atoms with Crippen LogP contribution in [-0.2, 0) is 0 Å². The number of hydrogen-bond acceptors (Lipinski definition) is 2. The molecule has 2 nitrogen and oxygen atoms in total. The topological polar surface area (TPSA) is 15.3 Å². The Hall–Kier alpha value is -0.280. The van der Waals surface area contributed by atoms with Gasteiger partial charge in [0, 0.05) is 19.1 Å². The molecule has 0 heterocycles. The van der Waals surface area contributed by atoms with Crippen molar-refractivity contribution in [3.8, 4) is 0 Å². The van der Waals surface area contributed by atoms with E-state index in [0.717, 1.165) is 18.7 Å². The number of nitrogens with one attached hydrogen (secondary N) is 1. The van der Waals surface area contributed by atoms with Crippen molar-refractivity contribution < 1.29 is 0 Å². The van der Waals surface area contributed by atoms with Crippen molar-refractivity contribution in [1.29, 1.82) is 0 Å². The molecule has 4 heteroatoms. The van der Waals surface area contributed by atoms with Crippen LogP contribution in [0.5, 0.6) is 0 Å². The average molecular weight is 261 g/mol. The maximum absolute atomic E-state index is 6.19. The van der Waals surface area contributed by atoms with E-state index in [4.69, 9.17) is 23.2 Å². The summed E-state index contributed by atoms with van der Waals surface area (Å²) in [7, 11) is 4.03. The number of rotatable bonds is 5. The molecule has 0 fully saturated rings. The van der Waals surface area contributed by atoms with Gasteiger partial charge in [0.05, 0.1) is 10.0 Å². The van der Waals surface area contributed by atoms with Crippen LogP contribution in [0.4, 0.5) is 0 Å². The van der Waals surface area contributed by atoms with Crippen molar-refractivity contribution in [1.82, 2.24) is 10.2 Å². The summed E-state index contributed by atoms with van der Waals surface area (Å²) in [6, 6.07) is 6.04. The Labute approximate surface area is 108 Å². The van der Waals surface area contributed by atoms with Gasteiger partial charge in [0.25, 0.3) is 0 Å². The second-order valence-corrected chi connectivity index (χ2v) is 4.69. The van der Waals surface area contributed by atoms with Crippen LogP contribution in [0.3, 0.4) is 0 Å². The van der Waals surface area contributed by atoms with Crippen molar-refractivity contribution in [2.45, 2.75) is 13.0 Å². The first-order chi connectivity index (χ1) is 7.57. The molecule has 90 valence electrons. The highest BCUT2D eigenvalue weighted by molar-refractivity contribution is 6.42. The smallest absolute Gasteiger partial charge is 0.0640 e. The molecule has 1 atom stereocenters. The van der Waals surface area contributed by atoms with Crippen molar-refractivity contribution in [3.05, 3.63) is 33.8 Å². The number of benzene rings is 1. The first-order valence-electron chi connectivity index (χ1n) is 5.36. The lowest BCUT2D eigenvalue weighted by molar-refractivity contribution is 0.263. The van der Waals surface area contributed by atoms with Crippen LogP contribution in [-0.4, -0.2) is 32.1 Å². The van der Waals surface area contributed by atoms with Crippen molar-refractivity contribution in [2.75, 3.05) is 27.2 Å². The molecule has 16 heavy (non-hydrogen) atoms. The molecule has 1 unspecified atom stereocenters. The third-order valence-electron chi connectivity index (χ3n) is 2.81. The summed E-state index contributed by atoms with van der Waals surface area (Å²) in [5.74, 6) is 0. The molecule has 0 aliphatic heterocycles. The summed E-state index contributed by atoms with van der Waals surface area (Å²) < 4.78 is 0. The molecule has 1 N–H and O–H groups in total. The van der Waals surface area contributed by atoms with Crippen molar-refractivity contribution >= 4 is 23.2 Å². The fraction of sp³-hybridized carbons (Fsp3) is 0.500. The summed E-state index contributed by atoms with van der Waals surface area (Å²) >= 11 is 12.2. The van der Waals surface area contributed by atoms with Gasteiger partial charge in [-0.1, -0.05) is 35.3 Å². The van der Waals surface area contributed by atoms with Gasteiger partial charge in [-0.25, -0.2) is 0 Å². The molecule has 1 aromatic carbocycles. The number of halogens is 2. The van der Waals surface area contributed by atoms with Gasteiger partial charge in [-0.05, 0) is 32.6 Å². The van der Waals surface area contributed by atoms with Crippen LogP contribution in [0.2, 0.25) is 10.0 Å². The van der Waals surface area contributed by atoms with Gasteiger partial charge in [-0.15, -0.1) is 0 Å². The van der Waals surface area contributed by atoms with Gasteiger partial charge in [-0.3, -0.25) is 4.90 Å². The molecule has 1 rings (SSSR count). The zero-order valence-electron chi connectivity index (χ0n) is 9.93. The fourth-order valence-electron chi connectivity index (χ4n) is 1.56. The van der Waals surface area contributed by atoms with Gasteiger partial charge in [0.2, 0.25) is 0 Å². The highest BCUT2D eigenvalue weighted by Gasteiger charge is 2.15. The summed E-state index contributed by atoms with van der Waals surface area (Å²) in [5, 5.41) is 4.41. The summed E-state index contributed by atoms with van der Waals surface area (Å²) in [6.45, 7) is 4.06. The Morgan fingerprint density at radius 3 is 2.69 bits per heavy atom. The Bertz CT molecular complexity index is 342. The van der Waals surface area contributed by atoms with Gasteiger partial charge in [-0.2, -0.15) is 0 Å². The van der Waals surface area contributed by atoms with Gasteiger partial charge < -0.3 is 5.32 Å². The average Bonchev–Trinajstić information content (AvgIpc) is 2.28. The first kappa shape index (κ1) is 13.8. The Balaban J connectivity index is 2.79. The molecule has 0 amide bonds. The molecular weight excluding hydrogens is 243 g/mol. The van der Waals surface area contributed by atoms with Crippen molar-refractivity contribution in [2.24, 2.45) is 0 Å². The van der Waals surface area contributed by atoms with Crippen LogP contribution in [0.15, 0.2) is 18.2 Å². The zero-order valence-corrected chi connectivity index (χ0v) is 11.4. The number of nitrogens with zero attached hydrogens (tertiary/aromatic N) is 1. The third kappa shape index (κ3) is 3.36. The molecule has 0 saturated carbocycles. The maximum Gasteiger partial charge on any atom is 0.0640 e. The molecule has 0 saturated heterocycles. The Morgan fingerprint density at radius 1 is 1.38 bits per heavy atom. The lowest BCUT2D eigenvalue weighted by Crippen LogP contribution is -2.29. The van der Waals surface area contributed by atoms with Crippen LogP contribution in [0.25, 0.3) is 0 Å². The first-order valence-corrected chi connectivity index (χ1v) is 6.12. The van der Waals surface area contributed by atoms with Crippen molar-refractivity contribution in [3.63, 3.8) is 0 Å². The predicted octanol–water partition coefficient (Wildman–Crippen LogP) is 3.21. The molecule has 0 bridgehead atoms. The normalized spacial score (nSPS) is 13.1. The second-order valence-electron chi connectivity index (χ2n) is 3.90. The van der Waals surface area contributed by atoms with E-state index >= 15 is 0 Å². The van der Waals surface area contributed by atoms with E-state index in [2.05, 4.69) is 24.2 Å². The van der Waals surface area contributed by atoms with E-state index in [0.29, 0.717) is 10.0 Å². The van der Waals surface area contributed by atoms with Crippen LogP contribution in [0.1, 0.15) is 18.5 Å². The maximum atomic E-state index is 6.19. The minimum absolute atomic E-state index is 0.263. The van der Waals surface area contributed by atoms with Crippen LogP contribution in [0, 0.1) is 0 Å². The third-order valence-corrected chi connectivity index (χ3v) is 3.64. The largest absolute Gasteiger partial charge is 0.318 e. The molecule has 1 aromatic rings. The standard InChI is InChI=1S/C12H18Cl2N2/c1-9(16(3)8-7-15-2)10-5-4-6-11(13)12(10)14/h4-6,9,15H,7-8H2,1-3H3. The molecule has 0 radical (unpaired) electrons. The Kier molecular flexibility index (Phi) is 5.56. The van der Waals surface area contributed by atoms with Crippen LogP contribution >= 0.6 is 23.2 Å². The van der Waals surface area contributed by atoms with Gasteiger partial charge >= 0.3 is 0 Å². The fourth-order valence-corrected chi connectivity index (χ4v) is 2.03. The minimum atomic E-state index is 0.263. The quantitative estimate of drug-likeness (QED) is 0.875. The van der Waals surface area contributed by atoms with E-state index < -0.39 is 0 Å². The van der Waals surface area contributed by atoms with E-state index in [1.165, 1.54) is 0 Å². The molecule has 0 aliphatic rings. The second kappa shape index (κ2) is 6.45. The van der Waals surface area contributed by atoms with Gasteiger partial charge in [0.15, 0.2) is 0 Å². The van der Waals surface area contributed by atoms with E-state index in [1.54, 1.807) is 0 Å². The lowest BCUT2D eigenvalue weighted by atomic mass is 10.1. The van der Waals surface area contributed by atoms with Crippen LogP contribution < -0.4 is 5.32 Å². The molecule has 0 aromatic heterocycles. The highest BCUT2D eigenvalue weighted by atomic mass is 35.5. The van der Waals surface area contributed by atoms with E-state index in [-0.39, 0.29) is 6.04 Å². The summed E-state index contributed by atoms with van der Waals surface area (Å²) in [4.78, 5) is 2.24. The molecule has 0 spiro atoms. The lowest BCUT2D eigenvalue weighted by Gasteiger charge is -2.25. The SMILES string of the molecule is CNCCN(C)C(C)c1cccc(Cl)c1Cl. The zero-order chi connectivity index (χ0) is 12.1. The van der Waals surface area contributed by atoms with E-state index in [1.807, 2.05) is 25.2 Å². The Morgan fingerprint density at radius 2 is 2.06 bits per heavy atom.